The molecule has 1 aliphatic heterocycles. The minimum atomic E-state index is -0.329. The van der Waals surface area contributed by atoms with Crippen molar-refractivity contribution in [3.05, 3.63) is 29.8 Å². The van der Waals surface area contributed by atoms with E-state index in [9.17, 15) is 9.90 Å². The van der Waals surface area contributed by atoms with Crippen LogP contribution in [-0.2, 0) is 10.2 Å². The fourth-order valence-electron chi connectivity index (χ4n) is 6.82. The SMILES string of the molecule is COc1cccc(C2(CC(=O)N3CC(O)C3)C3CC4CC(C3)CC2C4)c1. The van der Waals surface area contributed by atoms with E-state index in [2.05, 4.69) is 18.2 Å². The fraction of sp³-hybridized carbons (Fsp3) is 0.682. The molecule has 0 radical (unpaired) electrons. The highest BCUT2D eigenvalue weighted by Gasteiger charge is 2.58. The number of methoxy groups -OCH3 is 1. The van der Waals surface area contributed by atoms with E-state index in [-0.39, 0.29) is 17.4 Å². The van der Waals surface area contributed by atoms with Crippen LogP contribution in [0, 0.1) is 23.7 Å². The molecule has 0 unspecified atom stereocenters. The summed E-state index contributed by atoms with van der Waals surface area (Å²) in [6.07, 6.45) is 6.79. The summed E-state index contributed by atoms with van der Waals surface area (Å²) >= 11 is 0. The second-order valence-corrected chi connectivity index (χ2v) is 9.21. The van der Waals surface area contributed by atoms with E-state index in [4.69, 9.17) is 4.74 Å². The zero-order chi connectivity index (χ0) is 17.9. The molecule has 6 rings (SSSR count). The number of benzene rings is 1. The Labute approximate surface area is 155 Å². The molecule has 4 heteroatoms. The Hall–Kier alpha value is -1.55. The summed E-state index contributed by atoms with van der Waals surface area (Å²) in [5.41, 5.74) is 1.26. The van der Waals surface area contributed by atoms with Gasteiger partial charge in [0.15, 0.2) is 0 Å². The van der Waals surface area contributed by atoms with Crippen LogP contribution in [0.1, 0.15) is 44.1 Å². The first-order chi connectivity index (χ1) is 12.6. The lowest BCUT2D eigenvalue weighted by Gasteiger charge is -2.62. The molecular weight excluding hydrogens is 326 g/mol. The topological polar surface area (TPSA) is 49.8 Å². The second-order valence-electron chi connectivity index (χ2n) is 9.21. The highest BCUT2D eigenvalue weighted by molar-refractivity contribution is 5.79. The third kappa shape index (κ3) is 2.41. The van der Waals surface area contributed by atoms with E-state index in [1.165, 1.54) is 37.7 Å². The van der Waals surface area contributed by atoms with Gasteiger partial charge in [0.1, 0.15) is 5.75 Å². The molecule has 4 bridgehead atoms. The molecule has 4 nitrogen and oxygen atoms in total. The smallest absolute Gasteiger partial charge is 0.223 e. The monoisotopic (exact) mass is 355 g/mol. The molecule has 0 spiro atoms. The lowest BCUT2D eigenvalue weighted by Crippen LogP contribution is -2.60. The van der Waals surface area contributed by atoms with Crippen LogP contribution in [0.2, 0.25) is 0 Å². The maximum Gasteiger partial charge on any atom is 0.223 e. The van der Waals surface area contributed by atoms with Crippen molar-refractivity contribution < 1.29 is 14.6 Å². The first-order valence-electron chi connectivity index (χ1n) is 10.2. The lowest BCUT2D eigenvalue weighted by molar-refractivity contribution is -0.148. The van der Waals surface area contributed by atoms with Gasteiger partial charge in [-0.15, -0.1) is 0 Å². The largest absolute Gasteiger partial charge is 0.497 e. The molecule has 1 aromatic rings. The molecular formula is C22H29NO3. The Morgan fingerprint density at radius 1 is 1.15 bits per heavy atom. The molecule has 0 atom stereocenters. The van der Waals surface area contributed by atoms with Gasteiger partial charge in [-0.2, -0.15) is 0 Å². The Morgan fingerprint density at radius 3 is 2.38 bits per heavy atom. The minimum absolute atomic E-state index is 0.0421. The van der Waals surface area contributed by atoms with E-state index < -0.39 is 0 Å². The van der Waals surface area contributed by atoms with Crippen molar-refractivity contribution in [1.82, 2.24) is 4.90 Å². The average molecular weight is 355 g/mol. The van der Waals surface area contributed by atoms with Crippen molar-refractivity contribution in [2.24, 2.45) is 23.7 Å². The van der Waals surface area contributed by atoms with Crippen molar-refractivity contribution in [2.45, 2.75) is 50.0 Å². The summed E-state index contributed by atoms with van der Waals surface area (Å²) in [5.74, 6) is 4.09. The lowest BCUT2D eigenvalue weighted by atomic mass is 9.43. The van der Waals surface area contributed by atoms with Crippen LogP contribution in [0.15, 0.2) is 24.3 Å². The number of hydrogen-bond acceptors (Lipinski definition) is 3. The number of rotatable bonds is 4. The third-order valence-electron chi connectivity index (χ3n) is 7.86. The van der Waals surface area contributed by atoms with E-state index in [1.54, 1.807) is 7.11 Å². The van der Waals surface area contributed by atoms with Gasteiger partial charge in [-0.3, -0.25) is 4.79 Å². The second kappa shape index (κ2) is 5.98. The first-order valence-corrected chi connectivity index (χ1v) is 10.2. The maximum absolute atomic E-state index is 13.1. The molecule has 1 saturated heterocycles. The summed E-state index contributed by atoms with van der Waals surface area (Å²) in [6.45, 7) is 1.02. The van der Waals surface area contributed by atoms with E-state index in [0.29, 0.717) is 31.3 Å². The number of nitrogens with zero attached hydrogens (tertiary/aromatic N) is 1. The zero-order valence-corrected chi connectivity index (χ0v) is 15.6. The fourth-order valence-corrected chi connectivity index (χ4v) is 6.82. The predicted octanol–water partition coefficient (Wildman–Crippen LogP) is 2.98. The first kappa shape index (κ1) is 16.6. The van der Waals surface area contributed by atoms with Gasteiger partial charge < -0.3 is 14.7 Å². The average Bonchev–Trinajstić information content (AvgIpc) is 2.61. The summed E-state index contributed by atoms with van der Waals surface area (Å²) in [6, 6.07) is 8.49. The number of amides is 1. The van der Waals surface area contributed by atoms with Crippen molar-refractivity contribution in [2.75, 3.05) is 20.2 Å². The van der Waals surface area contributed by atoms with Gasteiger partial charge >= 0.3 is 0 Å². The molecule has 1 aromatic carbocycles. The molecule has 1 N–H and O–H groups in total. The van der Waals surface area contributed by atoms with Crippen molar-refractivity contribution in [1.29, 1.82) is 0 Å². The number of aliphatic hydroxyl groups is 1. The molecule has 4 saturated carbocycles. The Morgan fingerprint density at radius 2 is 1.81 bits per heavy atom. The molecule has 1 heterocycles. The number of hydrogen-bond donors (Lipinski definition) is 1. The predicted molar refractivity (Wildman–Crippen MR) is 98.9 cm³/mol. The van der Waals surface area contributed by atoms with Gasteiger partial charge in [0.25, 0.3) is 0 Å². The molecule has 0 aromatic heterocycles. The standard InChI is InChI=1S/C22H29NO3/c1-26-20-4-2-3-16(10-20)22(11-21(25)23-12-19(24)13-23)17-6-14-5-15(8-17)9-18(22)7-14/h2-4,10,14-15,17-19,24H,5-9,11-13H2,1H3. The van der Waals surface area contributed by atoms with Crippen LogP contribution in [0.4, 0.5) is 0 Å². The summed E-state index contributed by atoms with van der Waals surface area (Å²) in [4.78, 5) is 14.9. The number of likely N-dealkylation sites (tertiary alicyclic amines) is 1. The summed E-state index contributed by atoms with van der Waals surface area (Å²) in [7, 11) is 1.72. The van der Waals surface area contributed by atoms with Gasteiger partial charge in [0, 0.05) is 24.9 Å². The molecule has 4 aliphatic carbocycles. The maximum atomic E-state index is 13.1. The number of β-amino-alcohol motifs (C(OH)–C–C–N with tert-alkyl or cyclic N) is 1. The highest BCUT2D eigenvalue weighted by atomic mass is 16.5. The van der Waals surface area contributed by atoms with Gasteiger partial charge in [0.2, 0.25) is 5.91 Å². The highest BCUT2D eigenvalue weighted by Crippen LogP contribution is 2.64. The Balaban J connectivity index is 1.53. The quantitative estimate of drug-likeness (QED) is 0.903. The van der Waals surface area contributed by atoms with E-state index in [1.807, 2.05) is 11.0 Å². The molecule has 1 amide bonds. The third-order valence-corrected chi connectivity index (χ3v) is 7.86. The number of ether oxygens (including phenoxy) is 1. The Bertz CT molecular complexity index is 681. The van der Waals surface area contributed by atoms with Crippen molar-refractivity contribution in [3.8, 4) is 5.75 Å². The number of aliphatic hydroxyl groups excluding tert-OH is 1. The molecule has 5 aliphatic rings. The van der Waals surface area contributed by atoms with Gasteiger partial charge in [-0.25, -0.2) is 0 Å². The van der Waals surface area contributed by atoms with Crippen LogP contribution in [0.25, 0.3) is 0 Å². The van der Waals surface area contributed by atoms with Crippen LogP contribution in [-0.4, -0.2) is 42.2 Å². The van der Waals surface area contributed by atoms with Crippen LogP contribution >= 0.6 is 0 Å². The van der Waals surface area contributed by atoms with Crippen LogP contribution < -0.4 is 4.74 Å². The summed E-state index contributed by atoms with van der Waals surface area (Å²) < 4.78 is 5.51. The van der Waals surface area contributed by atoms with Gasteiger partial charge in [-0.1, -0.05) is 12.1 Å². The van der Waals surface area contributed by atoms with Gasteiger partial charge in [0.05, 0.1) is 13.2 Å². The molecule has 5 fully saturated rings. The van der Waals surface area contributed by atoms with Crippen LogP contribution in [0.5, 0.6) is 5.75 Å². The number of carbonyl (C=O) groups excluding carboxylic acids is 1. The van der Waals surface area contributed by atoms with Crippen molar-refractivity contribution >= 4 is 5.91 Å². The zero-order valence-electron chi connectivity index (χ0n) is 15.6. The van der Waals surface area contributed by atoms with E-state index >= 15 is 0 Å². The summed E-state index contributed by atoms with van der Waals surface area (Å²) in [5, 5.41) is 9.61. The number of carbonyl (C=O) groups is 1. The Kier molecular flexibility index (Phi) is 3.82. The van der Waals surface area contributed by atoms with Gasteiger partial charge in [-0.05, 0) is 73.5 Å². The van der Waals surface area contributed by atoms with E-state index in [0.717, 1.165) is 17.6 Å². The van der Waals surface area contributed by atoms with Crippen molar-refractivity contribution in [3.63, 3.8) is 0 Å². The minimum Gasteiger partial charge on any atom is -0.497 e. The normalized spacial score (nSPS) is 38.3. The molecule has 26 heavy (non-hydrogen) atoms. The molecule has 140 valence electrons. The van der Waals surface area contributed by atoms with Crippen LogP contribution in [0.3, 0.4) is 0 Å².